The predicted octanol–water partition coefficient (Wildman–Crippen LogP) is 6.78. The number of halogens is 1. The molecular formula is C30H28ClN3O2. The average Bonchev–Trinajstić information content (AvgIpc) is 2.93. The second kappa shape index (κ2) is 11.4. The van der Waals surface area contributed by atoms with Crippen LogP contribution in [0.2, 0.25) is 5.02 Å². The van der Waals surface area contributed by atoms with Crippen LogP contribution < -0.4 is 10.2 Å². The number of ether oxygens (including phenoxy) is 1. The maximum Gasteiger partial charge on any atom is 0.271 e. The van der Waals surface area contributed by atoms with Gasteiger partial charge in [-0.2, -0.15) is 0 Å². The van der Waals surface area contributed by atoms with Gasteiger partial charge in [0.15, 0.2) is 0 Å². The number of hydrogen-bond donors (Lipinski definition) is 1. The monoisotopic (exact) mass is 497 g/mol. The van der Waals surface area contributed by atoms with E-state index in [1.807, 2.05) is 96.0 Å². The molecule has 0 aliphatic carbocycles. The summed E-state index contributed by atoms with van der Waals surface area (Å²) < 4.78 is 6.19. The van der Waals surface area contributed by atoms with Gasteiger partial charge in [-0.3, -0.25) is 10.2 Å². The van der Waals surface area contributed by atoms with Crippen LogP contribution in [0.5, 0.6) is 5.88 Å². The topological polar surface area (TPSA) is 54.5 Å². The van der Waals surface area contributed by atoms with Gasteiger partial charge >= 0.3 is 0 Å². The minimum Gasteiger partial charge on any atom is -0.472 e. The van der Waals surface area contributed by atoms with Crippen LogP contribution in [0.25, 0.3) is 22.4 Å². The molecule has 1 aromatic heterocycles. The lowest BCUT2D eigenvalue weighted by molar-refractivity contribution is 0.0744. The minimum atomic E-state index is -0.215. The molecule has 0 unspecified atom stereocenters. The quantitative estimate of drug-likeness (QED) is 0.306. The number of carbonyl (C=O) groups excluding carboxylic acids is 1. The fourth-order valence-electron chi connectivity index (χ4n) is 4.37. The van der Waals surface area contributed by atoms with E-state index in [4.69, 9.17) is 21.3 Å². The summed E-state index contributed by atoms with van der Waals surface area (Å²) in [5.41, 5.74) is 7.94. The van der Waals surface area contributed by atoms with Gasteiger partial charge in [-0.1, -0.05) is 90.8 Å². The Balaban J connectivity index is 1.59. The summed E-state index contributed by atoms with van der Waals surface area (Å²) in [5.74, 6) is 0.0882. The third-order valence-electron chi connectivity index (χ3n) is 6.27. The van der Waals surface area contributed by atoms with Gasteiger partial charge in [-0.05, 0) is 42.2 Å². The van der Waals surface area contributed by atoms with Crippen LogP contribution in [-0.2, 0) is 6.61 Å². The van der Waals surface area contributed by atoms with Gasteiger partial charge in [0.05, 0.1) is 5.69 Å². The van der Waals surface area contributed by atoms with Crippen molar-refractivity contribution in [1.82, 2.24) is 15.4 Å². The number of aromatic nitrogens is 1. The zero-order valence-corrected chi connectivity index (χ0v) is 20.7. The second-order valence-electron chi connectivity index (χ2n) is 8.87. The fraction of sp³-hybridized carbons (Fsp3) is 0.200. The number of pyridine rings is 1. The molecule has 1 fully saturated rings. The number of piperidine rings is 1. The van der Waals surface area contributed by atoms with Crippen LogP contribution in [0.15, 0.2) is 91.0 Å². The zero-order valence-electron chi connectivity index (χ0n) is 20.0. The molecular weight excluding hydrogens is 470 g/mol. The van der Waals surface area contributed by atoms with Crippen LogP contribution in [-0.4, -0.2) is 29.0 Å². The van der Waals surface area contributed by atoms with Gasteiger partial charge in [-0.25, -0.2) is 9.99 Å². The summed E-state index contributed by atoms with van der Waals surface area (Å²) in [5, 5.41) is 2.64. The molecule has 2 heterocycles. The Morgan fingerprint density at radius 2 is 1.53 bits per heavy atom. The van der Waals surface area contributed by atoms with E-state index in [1.165, 1.54) is 6.42 Å². The molecule has 5 rings (SSSR count). The average molecular weight is 498 g/mol. The first-order chi connectivity index (χ1) is 17.7. The lowest BCUT2D eigenvalue weighted by Crippen LogP contribution is -2.45. The summed E-state index contributed by atoms with van der Waals surface area (Å²) >= 11 is 6.16. The van der Waals surface area contributed by atoms with Crippen molar-refractivity contribution in [3.63, 3.8) is 0 Å². The predicted molar refractivity (Wildman–Crippen MR) is 144 cm³/mol. The number of hydrazine groups is 1. The molecule has 3 aromatic carbocycles. The number of carbonyl (C=O) groups is 1. The van der Waals surface area contributed by atoms with Crippen molar-refractivity contribution < 1.29 is 9.53 Å². The number of amides is 1. The lowest BCUT2D eigenvalue weighted by atomic mass is 9.97. The van der Waals surface area contributed by atoms with Gasteiger partial charge in [0.2, 0.25) is 5.88 Å². The summed E-state index contributed by atoms with van der Waals surface area (Å²) in [4.78, 5) is 18.5. The molecule has 1 saturated heterocycles. The number of nitrogens with zero attached hydrogens (tertiary/aromatic N) is 2. The molecule has 5 nitrogen and oxygen atoms in total. The first-order valence-corrected chi connectivity index (χ1v) is 12.6. The Morgan fingerprint density at radius 3 is 2.22 bits per heavy atom. The van der Waals surface area contributed by atoms with Gasteiger partial charge in [0.25, 0.3) is 5.91 Å². The molecule has 0 atom stereocenters. The Morgan fingerprint density at radius 1 is 0.861 bits per heavy atom. The third-order valence-corrected chi connectivity index (χ3v) is 6.52. The Labute approximate surface area is 216 Å². The third kappa shape index (κ3) is 5.76. The summed E-state index contributed by atoms with van der Waals surface area (Å²) in [6, 6.07) is 29.3. The van der Waals surface area contributed by atoms with Crippen molar-refractivity contribution in [2.45, 2.75) is 25.9 Å². The molecule has 4 aromatic rings. The van der Waals surface area contributed by atoms with Crippen LogP contribution in [0.4, 0.5) is 0 Å². The van der Waals surface area contributed by atoms with Crippen molar-refractivity contribution in [3.05, 3.63) is 107 Å². The summed E-state index contributed by atoms with van der Waals surface area (Å²) in [7, 11) is 0. The molecule has 6 heteroatoms. The fourth-order valence-corrected chi connectivity index (χ4v) is 4.50. The van der Waals surface area contributed by atoms with Gasteiger partial charge in [-0.15, -0.1) is 0 Å². The van der Waals surface area contributed by atoms with Gasteiger partial charge in [0, 0.05) is 29.2 Å². The molecule has 1 aliphatic rings. The molecule has 36 heavy (non-hydrogen) atoms. The van der Waals surface area contributed by atoms with E-state index < -0.39 is 0 Å². The van der Waals surface area contributed by atoms with E-state index in [1.54, 1.807) is 0 Å². The maximum absolute atomic E-state index is 13.5. The number of nitrogens with one attached hydrogen (secondary N) is 1. The van der Waals surface area contributed by atoms with E-state index in [2.05, 4.69) is 5.43 Å². The van der Waals surface area contributed by atoms with Crippen LogP contribution in [0.1, 0.15) is 35.2 Å². The van der Waals surface area contributed by atoms with E-state index in [0.717, 1.165) is 53.9 Å². The normalized spacial score (nSPS) is 13.8. The molecule has 1 N–H and O–H groups in total. The smallest absolute Gasteiger partial charge is 0.271 e. The molecule has 0 radical (unpaired) electrons. The Bertz CT molecular complexity index is 1310. The van der Waals surface area contributed by atoms with Crippen molar-refractivity contribution in [1.29, 1.82) is 0 Å². The highest BCUT2D eigenvalue weighted by Gasteiger charge is 2.23. The lowest BCUT2D eigenvalue weighted by Gasteiger charge is -2.27. The van der Waals surface area contributed by atoms with E-state index >= 15 is 0 Å². The van der Waals surface area contributed by atoms with Crippen molar-refractivity contribution >= 4 is 17.5 Å². The molecule has 0 saturated carbocycles. The number of rotatable bonds is 7. The second-order valence-corrected chi connectivity index (χ2v) is 9.31. The van der Waals surface area contributed by atoms with Crippen LogP contribution >= 0.6 is 11.6 Å². The first-order valence-electron chi connectivity index (χ1n) is 12.3. The van der Waals surface area contributed by atoms with Crippen LogP contribution in [0.3, 0.4) is 0 Å². The van der Waals surface area contributed by atoms with E-state index in [0.29, 0.717) is 23.1 Å². The zero-order chi connectivity index (χ0) is 24.7. The SMILES string of the molecule is O=C(NN1CCCCC1)c1cc(-c2ccccc2)c(-c2ccc(Cl)cc2)nc1OCc1ccccc1. The highest BCUT2D eigenvalue weighted by molar-refractivity contribution is 6.30. The first kappa shape index (κ1) is 24.0. The number of hydrogen-bond acceptors (Lipinski definition) is 4. The molecule has 0 spiro atoms. The standard InChI is InChI=1S/C30H28ClN3O2/c31-25-16-14-24(15-17-25)28-26(23-12-6-2-7-13-23)20-27(29(35)33-34-18-8-3-9-19-34)30(32-28)36-21-22-10-4-1-5-11-22/h1-2,4-7,10-17,20H,3,8-9,18-19,21H2,(H,33,35). The van der Waals surface area contributed by atoms with E-state index in [9.17, 15) is 4.79 Å². The van der Waals surface area contributed by atoms with Gasteiger partial charge < -0.3 is 4.74 Å². The molecule has 1 aliphatic heterocycles. The summed E-state index contributed by atoms with van der Waals surface area (Å²) in [6.07, 6.45) is 3.33. The van der Waals surface area contributed by atoms with E-state index in [-0.39, 0.29) is 5.91 Å². The largest absolute Gasteiger partial charge is 0.472 e. The Hall–Kier alpha value is -3.67. The molecule has 0 bridgehead atoms. The number of benzene rings is 3. The van der Waals surface area contributed by atoms with Crippen LogP contribution in [0, 0.1) is 0 Å². The maximum atomic E-state index is 13.5. The van der Waals surface area contributed by atoms with Crippen molar-refractivity contribution in [2.24, 2.45) is 0 Å². The van der Waals surface area contributed by atoms with Crippen molar-refractivity contribution in [3.8, 4) is 28.3 Å². The summed E-state index contributed by atoms with van der Waals surface area (Å²) in [6.45, 7) is 1.99. The highest BCUT2D eigenvalue weighted by atomic mass is 35.5. The molecule has 182 valence electrons. The van der Waals surface area contributed by atoms with Gasteiger partial charge in [0.1, 0.15) is 12.2 Å². The Kier molecular flexibility index (Phi) is 7.60. The van der Waals surface area contributed by atoms with Crippen molar-refractivity contribution in [2.75, 3.05) is 13.1 Å². The highest BCUT2D eigenvalue weighted by Crippen LogP contribution is 2.35. The minimum absolute atomic E-state index is 0.215. The molecule has 1 amide bonds.